The third-order valence-electron chi connectivity index (χ3n) is 3.19. The lowest BCUT2D eigenvalue weighted by atomic mass is 10.1. The molecule has 1 aliphatic rings. The summed E-state index contributed by atoms with van der Waals surface area (Å²) in [7, 11) is 0. The standard InChI is InChI=1S/C11H14F3N3O6/c1-4-2-17(10(20)16-8(4)15)9-7(22-23-11(12,13)14)6(19)5(3-18)21-9/h2,5-7,9,18-19H,3H2,1H3,(H2,15,16,20)/t5-,6?,7?,9-/m1/s1. The Kier molecular flexibility index (Phi) is 4.91. The molecule has 9 nitrogen and oxygen atoms in total. The molecule has 0 aromatic carbocycles. The predicted molar refractivity (Wildman–Crippen MR) is 66.7 cm³/mol. The summed E-state index contributed by atoms with van der Waals surface area (Å²) in [5.41, 5.74) is 4.89. The van der Waals surface area contributed by atoms with Crippen LogP contribution in [0.1, 0.15) is 11.8 Å². The summed E-state index contributed by atoms with van der Waals surface area (Å²) in [5, 5.41) is 19.0. The topological polar surface area (TPSA) is 129 Å². The predicted octanol–water partition coefficient (Wildman–Crippen LogP) is -0.779. The van der Waals surface area contributed by atoms with Crippen molar-refractivity contribution in [1.82, 2.24) is 9.55 Å². The maximum absolute atomic E-state index is 12.1. The van der Waals surface area contributed by atoms with Gasteiger partial charge in [0.15, 0.2) is 12.3 Å². The Hall–Kier alpha value is -1.73. The lowest BCUT2D eigenvalue weighted by molar-refractivity contribution is -0.503. The van der Waals surface area contributed by atoms with Crippen LogP contribution in [-0.4, -0.2) is 51.0 Å². The first-order valence-corrected chi connectivity index (χ1v) is 6.35. The van der Waals surface area contributed by atoms with E-state index in [9.17, 15) is 23.1 Å². The van der Waals surface area contributed by atoms with Gasteiger partial charge in [0.05, 0.1) is 6.61 Å². The molecule has 0 amide bonds. The maximum Gasteiger partial charge on any atom is 0.549 e. The van der Waals surface area contributed by atoms with E-state index in [0.717, 1.165) is 4.57 Å². The monoisotopic (exact) mass is 341 g/mol. The third kappa shape index (κ3) is 3.79. The number of anilines is 1. The summed E-state index contributed by atoms with van der Waals surface area (Å²) >= 11 is 0. The summed E-state index contributed by atoms with van der Waals surface area (Å²) in [6.07, 6.45) is -10.1. The van der Waals surface area contributed by atoms with Crippen LogP contribution in [-0.2, 0) is 14.5 Å². The van der Waals surface area contributed by atoms with Crippen molar-refractivity contribution in [3.63, 3.8) is 0 Å². The van der Waals surface area contributed by atoms with E-state index in [1.165, 1.54) is 13.1 Å². The minimum absolute atomic E-state index is 0.0625. The molecule has 1 aromatic rings. The molecule has 4 atom stereocenters. The number of aromatic nitrogens is 2. The van der Waals surface area contributed by atoms with Crippen LogP contribution in [0.15, 0.2) is 11.0 Å². The van der Waals surface area contributed by atoms with Crippen LogP contribution in [0.4, 0.5) is 19.0 Å². The molecule has 1 aliphatic heterocycles. The second-order valence-corrected chi connectivity index (χ2v) is 4.83. The summed E-state index contributed by atoms with van der Waals surface area (Å²) in [6.45, 7) is 0.801. The van der Waals surface area contributed by atoms with Crippen LogP contribution in [0, 0.1) is 6.92 Å². The summed E-state index contributed by atoms with van der Waals surface area (Å²) in [5.74, 6) is -0.0625. The van der Waals surface area contributed by atoms with Crippen molar-refractivity contribution in [2.45, 2.75) is 37.8 Å². The van der Waals surface area contributed by atoms with Crippen molar-refractivity contribution in [3.8, 4) is 0 Å². The van der Waals surface area contributed by atoms with E-state index in [1.807, 2.05) is 0 Å². The van der Waals surface area contributed by atoms with E-state index >= 15 is 0 Å². The normalized spacial score (nSPS) is 28.3. The Morgan fingerprint density at radius 3 is 2.74 bits per heavy atom. The molecule has 4 N–H and O–H groups in total. The van der Waals surface area contributed by atoms with E-state index in [-0.39, 0.29) is 5.82 Å². The lowest BCUT2D eigenvalue weighted by Gasteiger charge is -2.21. The highest BCUT2D eigenvalue weighted by molar-refractivity contribution is 5.35. The van der Waals surface area contributed by atoms with Gasteiger partial charge in [-0.3, -0.25) is 4.57 Å². The Balaban J connectivity index is 2.33. The van der Waals surface area contributed by atoms with Gasteiger partial charge in [-0.2, -0.15) is 4.98 Å². The third-order valence-corrected chi connectivity index (χ3v) is 3.19. The van der Waals surface area contributed by atoms with Gasteiger partial charge >= 0.3 is 12.1 Å². The number of aryl methyl sites for hydroxylation is 1. The van der Waals surface area contributed by atoms with Crippen molar-refractivity contribution < 1.29 is 37.9 Å². The van der Waals surface area contributed by atoms with Gasteiger partial charge in [0, 0.05) is 11.8 Å². The number of nitrogens with two attached hydrogens (primary N) is 1. The molecule has 0 radical (unpaired) electrons. The van der Waals surface area contributed by atoms with Crippen molar-refractivity contribution in [2.75, 3.05) is 12.3 Å². The van der Waals surface area contributed by atoms with Crippen molar-refractivity contribution in [1.29, 1.82) is 0 Å². The average molecular weight is 341 g/mol. The van der Waals surface area contributed by atoms with Crippen LogP contribution in [0.5, 0.6) is 0 Å². The minimum Gasteiger partial charge on any atom is -0.394 e. The zero-order valence-corrected chi connectivity index (χ0v) is 11.7. The van der Waals surface area contributed by atoms with E-state index < -0.39 is 43.2 Å². The van der Waals surface area contributed by atoms with Crippen molar-refractivity contribution in [2.24, 2.45) is 0 Å². The van der Waals surface area contributed by atoms with Crippen LogP contribution in [0.2, 0.25) is 0 Å². The quantitative estimate of drug-likeness (QED) is 0.480. The molecular formula is C11H14F3N3O6. The largest absolute Gasteiger partial charge is 0.549 e. The Morgan fingerprint density at radius 1 is 1.52 bits per heavy atom. The number of aliphatic hydroxyl groups is 2. The molecule has 1 saturated heterocycles. The van der Waals surface area contributed by atoms with Gasteiger partial charge in [0.2, 0.25) is 0 Å². The minimum atomic E-state index is -5.12. The molecule has 12 heteroatoms. The van der Waals surface area contributed by atoms with E-state index in [2.05, 4.69) is 14.8 Å². The van der Waals surface area contributed by atoms with E-state index in [0.29, 0.717) is 5.56 Å². The molecular weight excluding hydrogens is 327 g/mol. The zero-order valence-electron chi connectivity index (χ0n) is 11.7. The maximum atomic E-state index is 12.1. The highest BCUT2D eigenvalue weighted by Crippen LogP contribution is 2.32. The van der Waals surface area contributed by atoms with Gasteiger partial charge < -0.3 is 20.7 Å². The molecule has 130 valence electrons. The van der Waals surface area contributed by atoms with Crippen LogP contribution in [0.25, 0.3) is 0 Å². The van der Waals surface area contributed by atoms with Crippen LogP contribution < -0.4 is 11.4 Å². The number of aliphatic hydroxyl groups excluding tert-OH is 2. The molecule has 2 heterocycles. The first-order chi connectivity index (χ1) is 10.6. The molecule has 1 aromatic heterocycles. The van der Waals surface area contributed by atoms with E-state index in [4.69, 9.17) is 15.6 Å². The van der Waals surface area contributed by atoms with Crippen LogP contribution in [0.3, 0.4) is 0 Å². The number of hydrogen-bond donors (Lipinski definition) is 3. The number of rotatable bonds is 4. The molecule has 0 saturated carbocycles. The Morgan fingerprint density at radius 2 is 2.17 bits per heavy atom. The smallest absolute Gasteiger partial charge is 0.394 e. The number of hydrogen-bond acceptors (Lipinski definition) is 8. The zero-order chi connectivity index (χ0) is 17.4. The highest BCUT2D eigenvalue weighted by Gasteiger charge is 2.48. The summed E-state index contributed by atoms with van der Waals surface area (Å²) < 4.78 is 42.3. The van der Waals surface area contributed by atoms with Gasteiger partial charge in [-0.15, -0.1) is 18.1 Å². The number of nitrogens with zero attached hydrogens (tertiary/aromatic N) is 2. The summed E-state index contributed by atoms with van der Waals surface area (Å²) in [4.78, 5) is 22.8. The fraction of sp³-hybridized carbons (Fsp3) is 0.636. The molecule has 1 fully saturated rings. The molecule has 0 bridgehead atoms. The fourth-order valence-corrected chi connectivity index (χ4v) is 2.07. The van der Waals surface area contributed by atoms with Crippen LogP contribution >= 0.6 is 0 Å². The molecule has 0 spiro atoms. The Bertz CT molecular complexity index is 622. The molecule has 2 unspecified atom stereocenters. The van der Waals surface area contributed by atoms with Crippen molar-refractivity contribution >= 4 is 5.82 Å². The average Bonchev–Trinajstić information content (AvgIpc) is 2.76. The van der Waals surface area contributed by atoms with Gasteiger partial charge in [-0.1, -0.05) is 0 Å². The second kappa shape index (κ2) is 6.41. The van der Waals surface area contributed by atoms with Gasteiger partial charge in [-0.05, 0) is 6.92 Å². The molecule has 0 aliphatic carbocycles. The first-order valence-electron chi connectivity index (χ1n) is 6.35. The second-order valence-electron chi connectivity index (χ2n) is 4.83. The summed E-state index contributed by atoms with van der Waals surface area (Å²) in [6, 6.07) is 0. The van der Waals surface area contributed by atoms with Gasteiger partial charge in [0.25, 0.3) is 0 Å². The van der Waals surface area contributed by atoms with Gasteiger partial charge in [-0.25, -0.2) is 9.68 Å². The molecule has 2 rings (SSSR count). The molecule has 23 heavy (non-hydrogen) atoms. The number of ether oxygens (including phenoxy) is 1. The number of halogens is 3. The fourth-order valence-electron chi connectivity index (χ4n) is 2.07. The lowest BCUT2D eigenvalue weighted by Crippen LogP contribution is -2.39. The van der Waals surface area contributed by atoms with Gasteiger partial charge in [0.1, 0.15) is 18.0 Å². The SMILES string of the molecule is Cc1cn([C@@H]2O[C@H](CO)C(O)C2OOC(F)(F)F)c(=O)nc1N. The number of alkyl halides is 3. The van der Waals surface area contributed by atoms with E-state index in [1.54, 1.807) is 0 Å². The highest BCUT2D eigenvalue weighted by atomic mass is 19.4. The van der Waals surface area contributed by atoms with Crippen molar-refractivity contribution in [3.05, 3.63) is 22.2 Å². The number of nitrogen functional groups attached to an aromatic ring is 1. The first kappa shape index (κ1) is 17.6. The Labute approximate surface area is 126 Å².